The van der Waals surface area contributed by atoms with Crippen LogP contribution in [0.4, 0.5) is 0 Å². The lowest BCUT2D eigenvalue weighted by Gasteiger charge is -2.10. The summed E-state index contributed by atoms with van der Waals surface area (Å²) in [5.41, 5.74) is 5.76. The van der Waals surface area contributed by atoms with Crippen LogP contribution in [0, 0.1) is 5.92 Å². The number of guanidine groups is 1. The van der Waals surface area contributed by atoms with E-state index >= 15 is 0 Å². The molecular weight excluding hydrogens is 391 g/mol. The molecule has 0 spiro atoms. The highest BCUT2D eigenvalue weighted by Gasteiger charge is 2.17. The number of rotatable bonds is 10. The van der Waals surface area contributed by atoms with Crippen LogP contribution in [0.15, 0.2) is 4.99 Å². The molecule has 0 radical (unpaired) electrons. The van der Waals surface area contributed by atoms with E-state index in [1.807, 2.05) is 0 Å². The van der Waals surface area contributed by atoms with E-state index in [4.69, 9.17) is 5.73 Å². The molecule has 0 aliphatic heterocycles. The van der Waals surface area contributed by atoms with Gasteiger partial charge in [0, 0.05) is 26.1 Å². The Hall–Kier alpha value is -0.530. The standard InChI is InChI=1S/C16H32N4O.HI/c1-2-3-4-7-10-19-16(17)20-12-11-18-15(21)13-14-8-5-6-9-14;/h14H,2-13H2,1H3,(H,18,21)(H3,17,19,20);1H. The zero-order valence-electron chi connectivity index (χ0n) is 13.9. The second-order valence-electron chi connectivity index (χ2n) is 5.96. The number of nitrogens with zero attached hydrogens (tertiary/aromatic N) is 1. The van der Waals surface area contributed by atoms with Gasteiger partial charge in [-0.1, -0.05) is 39.0 Å². The van der Waals surface area contributed by atoms with Gasteiger partial charge >= 0.3 is 0 Å². The summed E-state index contributed by atoms with van der Waals surface area (Å²) in [6, 6.07) is 0. The van der Waals surface area contributed by atoms with Crippen molar-refractivity contribution in [2.75, 3.05) is 19.6 Å². The summed E-state index contributed by atoms with van der Waals surface area (Å²) in [6.07, 6.45) is 10.5. The molecule has 0 aromatic carbocycles. The Morgan fingerprint density at radius 3 is 2.50 bits per heavy atom. The molecule has 0 bridgehead atoms. The minimum Gasteiger partial charge on any atom is -0.370 e. The normalized spacial score (nSPS) is 15.4. The van der Waals surface area contributed by atoms with Gasteiger partial charge in [0.2, 0.25) is 5.91 Å². The maximum Gasteiger partial charge on any atom is 0.220 e. The third-order valence-corrected chi connectivity index (χ3v) is 4.00. The fraction of sp³-hybridized carbons (Fsp3) is 0.875. The first-order valence-corrected chi connectivity index (χ1v) is 8.53. The number of hydrogen-bond acceptors (Lipinski definition) is 2. The number of halogens is 1. The molecule has 0 saturated heterocycles. The van der Waals surface area contributed by atoms with Gasteiger partial charge < -0.3 is 16.4 Å². The van der Waals surface area contributed by atoms with Gasteiger partial charge in [0.1, 0.15) is 0 Å². The molecule has 0 aromatic heterocycles. The van der Waals surface area contributed by atoms with Crippen LogP contribution in [0.1, 0.15) is 64.7 Å². The average Bonchev–Trinajstić information content (AvgIpc) is 2.96. The van der Waals surface area contributed by atoms with E-state index in [-0.39, 0.29) is 29.9 Å². The van der Waals surface area contributed by atoms with Crippen molar-refractivity contribution >= 4 is 35.8 Å². The maximum absolute atomic E-state index is 11.7. The summed E-state index contributed by atoms with van der Waals surface area (Å²) in [4.78, 5) is 16.0. The van der Waals surface area contributed by atoms with E-state index in [0.717, 1.165) is 13.0 Å². The van der Waals surface area contributed by atoms with Gasteiger partial charge in [-0.25, -0.2) is 0 Å². The third-order valence-electron chi connectivity index (χ3n) is 4.00. The van der Waals surface area contributed by atoms with Crippen molar-refractivity contribution in [2.24, 2.45) is 16.6 Å². The van der Waals surface area contributed by atoms with Crippen LogP contribution in [0.2, 0.25) is 0 Å². The van der Waals surface area contributed by atoms with Crippen LogP contribution < -0.4 is 16.4 Å². The lowest BCUT2D eigenvalue weighted by atomic mass is 10.0. The van der Waals surface area contributed by atoms with Crippen LogP contribution in [0.25, 0.3) is 0 Å². The fourth-order valence-corrected chi connectivity index (χ4v) is 2.74. The van der Waals surface area contributed by atoms with Crippen LogP contribution in [0.3, 0.4) is 0 Å². The summed E-state index contributed by atoms with van der Waals surface area (Å²) in [7, 11) is 0. The number of carbonyl (C=O) groups is 1. The van der Waals surface area contributed by atoms with Crippen molar-refractivity contribution in [2.45, 2.75) is 64.7 Å². The first-order chi connectivity index (χ1) is 10.2. The van der Waals surface area contributed by atoms with Gasteiger partial charge in [0.15, 0.2) is 5.96 Å². The number of unbranched alkanes of at least 4 members (excludes halogenated alkanes) is 3. The van der Waals surface area contributed by atoms with Crippen molar-refractivity contribution in [1.82, 2.24) is 10.6 Å². The van der Waals surface area contributed by atoms with E-state index in [9.17, 15) is 4.79 Å². The van der Waals surface area contributed by atoms with Gasteiger partial charge in [-0.15, -0.1) is 24.0 Å². The third kappa shape index (κ3) is 11.1. The van der Waals surface area contributed by atoms with E-state index in [2.05, 4.69) is 22.5 Å². The Morgan fingerprint density at radius 2 is 1.82 bits per heavy atom. The van der Waals surface area contributed by atoms with E-state index < -0.39 is 0 Å². The monoisotopic (exact) mass is 424 g/mol. The topological polar surface area (TPSA) is 79.5 Å². The molecule has 5 nitrogen and oxygen atoms in total. The highest BCUT2D eigenvalue weighted by Crippen LogP contribution is 2.27. The van der Waals surface area contributed by atoms with Gasteiger partial charge in [0.25, 0.3) is 0 Å². The molecule has 1 saturated carbocycles. The Bertz CT molecular complexity index is 317. The number of carbonyl (C=O) groups excluding carboxylic acids is 1. The Kier molecular flexibility index (Phi) is 13.7. The van der Waals surface area contributed by atoms with E-state index in [1.54, 1.807) is 0 Å². The molecule has 1 amide bonds. The van der Waals surface area contributed by atoms with Gasteiger partial charge in [-0.2, -0.15) is 0 Å². The number of aliphatic imine (C=N–C) groups is 1. The zero-order chi connectivity index (χ0) is 15.3. The molecule has 0 unspecified atom stereocenters. The average molecular weight is 424 g/mol. The van der Waals surface area contributed by atoms with Crippen LogP contribution in [-0.4, -0.2) is 31.5 Å². The lowest BCUT2D eigenvalue weighted by molar-refractivity contribution is -0.121. The Morgan fingerprint density at radius 1 is 1.14 bits per heavy atom. The quantitative estimate of drug-likeness (QED) is 0.218. The van der Waals surface area contributed by atoms with Gasteiger partial charge in [-0.05, 0) is 25.2 Å². The summed E-state index contributed by atoms with van der Waals surface area (Å²) < 4.78 is 0. The maximum atomic E-state index is 11.7. The summed E-state index contributed by atoms with van der Waals surface area (Å²) in [5, 5.41) is 5.97. The molecule has 130 valence electrons. The van der Waals surface area contributed by atoms with E-state index in [0.29, 0.717) is 31.4 Å². The highest BCUT2D eigenvalue weighted by atomic mass is 127. The van der Waals surface area contributed by atoms with Crippen molar-refractivity contribution < 1.29 is 4.79 Å². The molecule has 0 heterocycles. The Balaban J connectivity index is 0.00000441. The molecule has 1 rings (SSSR count). The highest BCUT2D eigenvalue weighted by molar-refractivity contribution is 14.0. The number of amides is 1. The van der Waals surface area contributed by atoms with Crippen LogP contribution in [0.5, 0.6) is 0 Å². The molecule has 4 N–H and O–H groups in total. The number of nitrogens with one attached hydrogen (secondary N) is 2. The minimum absolute atomic E-state index is 0. The molecule has 1 aliphatic carbocycles. The van der Waals surface area contributed by atoms with Gasteiger partial charge in [-0.3, -0.25) is 9.79 Å². The number of nitrogens with two attached hydrogens (primary N) is 1. The van der Waals surface area contributed by atoms with E-state index in [1.165, 1.54) is 44.9 Å². The first-order valence-electron chi connectivity index (χ1n) is 8.53. The summed E-state index contributed by atoms with van der Waals surface area (Å²) in [5.74, 6) is 1.25. The summed E-state index contributed by atoms with van der Waals surface area (Å²) >= 11 is 0. The minimum atomic E-state index is 0. The fourth-order valence-electron chi connectivity index (χ4n) is 2.74. The van der Waals surface area contributed by atoms with Crippen LogP contribution >= 0.6 is 24.0 Å². The SMILES string of the molecule is CCCCCCN=C(N)NCCNC(=O)CC1CCCC1.I. The predicted molar refractivity (Wildman–Crippen MR) is 104 cm³/mol. The second-order valence-corrected chi connectivity index (χ2v) is 5.96. The molecule has 0 atom stereocenters. The molecule has 0 aromatic rings. The molecule has 1 fully saturated rings. The second kappa shape index (κ2) is 14.1. The van der Waals surface area contributed by atoms with Gasteiger partial charge in [0.05, 0.1) is 0 Å². The first kappa shape index (κ1) is 21.5. The van der Waals surface area contributed by atoms with Crippen molar-refractivity contribution in [1.29, 1.82) is 0 Å². The Labute approximate surface area is 152 Å². The molecule has 1 aliphatic rings. The predicted octanol–water partition coefficient (Wildman–Crippen LogP) is 2.79. The molecule has 6 heteroatoms. The zero-order valence-corrected chi connectivity index (χ0v) is 16.2. The smallest absolute Gasteiger partial charge is 0.220 e. The molecular formula is C16H33IN4O. The largest absolute Gasteiger partial charge is 0.370 e. The number of hydrogen-bond donors (Lipinski definition) is 3. The van der Waals surface area contributed by atoms with Crippen molar-refractivity contribution in [3.63, 3.8) is 0 Å². The summed E-state index contributed by atoms with van der Waals surface area (Å²) in [6.45, 7) is 4.23. The molecule has 22 heavy (non-hydrogen) atoms. The lowest BCUT2D eigenvalue weighted by Crippen LogP contribution is -2.38. The van der Waals surface area contributed by atoms with Crippen molar-refractivity contribution in [3.05, 3.63) is 0 Å². The van der Waals surface area contributed by atoms with Crippen molar-refractivity contribution in [3.8, 4) is 0 Å². The van der Waals surface area contributed by atoms with Crippen LogP contribution in [-0.2, 0) is 4.79 Å².